The number of ether oxygens (including phenoxy) is 3. The fourth-order valence-electron chi connectivity index (χ4n) is 3.76. The highest BCUT2D eigenvalue weighted by atomic mass is 32.2. The molecule has 9 heteroatoms. The Balaban J connectivity index is 1.84. The molecule has 1 amide bonds. The lowest BCUT2D eigenvalue weighted by atomic mass is 9.74. The number of hydrogen-bond acceptors (Lipinski definition) is 6. The quantitative estimate of drug-likeness (QED) is 0.641. The van der Waals surface area contributed by atoms with Crippen LogP contribution in [0.15, 0.2) is 47.4 Å². The Morgan fingerprint density at radius 3 is 2.32 bits per heavy atom. The number of carbonyl (C=O) groups excluding carboxylic acids is 1. The summed E-state index contributed by atoms with van der Waals surface area (Å²) in [7, 11) is 0.538. The minimum absolute atomic E-state index is 0.0823. The Hall–Kier alpha value is -2.62. The summed E-state index contributed by atoms with van der Waals surface area (Å²) in [6, 6.07) is 12.2. The van der Waals surface area contributed by atoms with Crippen LogP contribution in [0.3, 0.4) is 0 Å². The largest absolute Gasteiger partial charge is 0.497 e. The molecule has 1 aliphatic rings. The molecule has 0 unspecified atom stereocenters. The first-order valence-corrected chi connectivity index (χ1v) is 11.5. The van der Waals surface area contributed by atoms with E-state index in [2.05, 4.69) is 10.0 Å². The van der Waals surface area contributed by atoms with Crippen LogP contribution in [0.5, 0.6) is 11.5 Å². The van der Waals surface area contributed by atoms with Crippen LogP contribution >= 0.6 is 0 Å². The van der Waals surface area contributed by atoms with Gasteiger partial charge in [0.15, 0.2) is 0 Å². The molecule has 31 heavy (non-hydrogen) atoms. The van der Waals surface area contributed by atoms with Crippen molar-refractivity contribution in [3.63, 3.8) is 0 Å². The molecule has 1 fully saturated rings. The SMILES string of the molecule is CNS(=O)(=O)c1cc(C(=O)NCC2(c3ccc(OC)cc3)CCOCC2)ccc1OC. The van der Waals surface area contributed by atoms with E-state index in [-0.39, 0.29) is 27.5 Å². The third-order valence-electron chi connectivity index (χ3n) is 5.72. The molecular weight excluding hydrogens is 420 g/mol. The number of carbonyl (C=O) groups is 1. The molecule has 1 aliphatic heterocycles. The monoisotopic (exact) mass is 448 g/mol. The molecule has 8 nitrogen and oxygen atoms in total. The number of rotatable bonds is 8. The predicted octanol–water partition coefficient (Wildman–Crippen LogP) is 2.09. The second kappa shape index (κ2) is 9.67. The van der Waals surface area contributed by atoms with Crippen molar-refractivity contribution in [2.45, 2.75) is 23.2 Å². The number of amides is 1. The molecule has 3 rings (SSSR count). The highest BCUT2D eigenvalue weighted by Gasteiger charge is 2.35. The molecule has 2 aromatic carbocycles. The van der Waals surface area contributed by atoms with Crippen LogP contribution in [-0.4, -0.2) is 55.4 Å². The highest BCUT2D eigenvalue weighted by molar-refractivity contribution is 7.89. The summed E-state index contributed by atoms with van der Waals surface area (Å²) in [5, 5.41) is 2.99. The van der Waals surface area contributed by atoms with Crippen molar-refractivity contribution >= 4 is 15.9 Å². The van der Waals surface area contributed by atoms with E-state index >= 15 is 0 Å². The topological polar surface area (TPSA) is 103 Å². The van der Waals surface area contributed by atoms with Crippen LogP contribution in [0.2, 0.25) is 0 Å². The smallest absolute Gasteiger partial charge is 0.251 e. The molecule has 1 saturated heterocycles. The van der Waals surface area contributed by atoms with Gasteiger partial charge in [0, 0.05) is 30.7 Å². The number of benzene rings is 2. The lowest BCUT2D eigenvalue weighted by Gasteiger charge is -2.38. The summed E-state index contributed by atoms with van der Waals surface area (Å²) < 4.78 is 42.8. The van der Waals surface area contributed by atoms with E-state index in [4.69, 9.17) is 14.2 Å². The van der Waals surface area contributed by atoms with Crippen molar-refractivity contribution in [2.75, 3.05) is 41.0 Å². The number of sulfonamides is 1. The molecule has 168 valence electrons. The van der Waals surface area contributed by atoms with E-state index in [1.807, 2.05) is 24.3 Å². The van der Waals surface area contributed by atoms with Gasteiger partial charge < -0.3 is 19.5 Å². The first-order chi connectivity index (χ1) is 14.8. The summed E-state index contributed by atoms with van der Waals surface area (Å²) in [6.45, 7) is 1.62. The van der Waals surface area contributed by atoms with Gasteiger partial charge in [-0.3, -0.25) is 4.79 Å². The highest BCUT2D eigenvalue weighted by Crippen LogP contribution is 2.35. The van der Waals surface area contributed by atoms with Crippen LogP contribution in [0.1, 0.15) is 28.8 Å². The summed E-state index contributed by atoms with van der Waals surface area (Å²) in [5.74, 6) is 0.589. The molecule has 0 aliphatic carbocycles. The van der Waals surface area contributed by atoms with Gasteiger partial charge in [0.2, 0.25) is 10.0 Å². The fraction of sp³-hybridized carbons (Fsp3) is 0.409. The van der Waals surface area contributed by atoms with Gasteiger partial charge in [0.1, 0.15) is 16.4 Å². The molecule has 0 bridgehead atoms. The summed E-state index contributed by atoms with van der Waals surface area (Å²) in [6.07, 6.45) is 1.53. The van der Waals surface area contributed by atoms with E-state index in [0.29, 0.717) is 19.8 Å². The number of nitrogens with one attached hydrogen (secondary N) is 2. The van der Waals surface area contributed by atoms with Crippen molar-refractivity contribution in [1.29, 1.82) is 0 Å². The Bertz CT molecular complexity index is 1010. The van der Waals surface area contributed by atoms with Crippen molar-refractivity contribution in [3.05, 3.63) is 53.6 Å². The van der Waals surface area contributed by atoms with Gasteiger partial charge in [-0.2, -0.15) is 0 Å². The Labute approximate surface area is 182 Å². The van der Waals surface area contributed by atoms with Gasteiger partial charge in [-0.25, -0.2) is 13.1 Å². The van der Waals surface area contributed by atoms with Crippen LogP contribution < -0.4 is 19.5 Å². The van der Waals surface area contributed by atoms with Gasteiger partial charge in [0.25, 0.3) is 5.91 Å². The first kappa shape index (κ1) is 23.1. The van der Waals surface area contributed by atoms with Gasteiger partial charge in [0.05, 0.1) is 14.2 Å². The lowest BCUT2D eigenvalue weighted by Crippen LogP contribution is -2.44. The molecule has 0 radical (unpaired) electrons. The molecule has 0 saturated carbocycles. The predicted molar refractivity (Wildman–Crippen MR) is 116 cm³/mol. The third kappa shape index (κ3) is 5.00. The van der Waals surface area contributed by atoms with E-state index in [1.165, 1.54) is 26.3 Å². The summed E-state index contributed by atoms with van der Waals surface area (Å²) in [4.78, 5) is 12.8. The van der Waals surface area contributed by atoms with Crippen molar-refractivity contribution in [2.24, 2.45) is 0 Å². The second-order valence-electron chi connectivity index (χ2n) is 7.38. The van der Waals surface area contributed by atoms with Crippen LogP contribution in [-0.2, 0) is 20.2 Å². The minimum atomic E-state index is -3.78. The molecule has 2 aromatic rings. The van der Waals surface area contributed by atoms with Crippen molar-refractivity contribution < 1.29 is 27.4 Å². The van der Waals surface area contributed by atoms with Gasteiger partial charge >= 0.3 is 0 Å². The number of methoxy groups -OCH3 is 2. The molecule has 0 atom stereocenters. The Morgan fingerprint density at radius 2 is 1.74 bits per heavy atom. The maximum atomic E-state index is 12.9. The third-order valence-corrected chi connectivity index (χ3v) is 7.16. The standard InChI is InChI=1S/C22H28N2O6S/c1-23-31(26,27)20-14-16(4-9-19(20)29-3)21(25)24-15-22(10-12-30-13-11-22)17-5-7-18(28-2)8-6-17/h4-9,14,23H,10-13,15H2,1-3H3,(H,24,25). The summed E-state index contributed by atoms with van der Waals surface area (Å²) in [5.41, 5.74) is 1.07. The Kier molecular flexibility index (Phi) is 7.19. The zero-order valence-electron chi connectivity index (χ0n) is 17.9. The molecular formula is C22H28N2O6S. The van der Waals surface area contributed by atoms with Gasteiger partial charge in [-0.1, -0.05) is 12.1 Å². The van der Waals surface area contributed by atoms with Crippen LogP contribution in [0, 0.1) is 0 Å². The second-order valence-corrected chi connectivity index (χ2v) is 9.23. The minimum Gasteiger partial charge on any atom is -0.497 e. The van der Waals surface area contributed by atoms with Crippen LogP contribution in [0.4, 0.5) is 0 Å². The maximum Gasteiger partial charge on any atom is 0.251 e. The fourth-order valence-corrected chi connectivity index (χ4v) is 4.68. The van der Waals surface area contributed by atoms with Crippen molar-refractivity contribution in [1.82, 2.24) is 10.0 Å². The zero-order valence-corrected chi connectivity index (χ0v) is 18.8. The van der Waals surface area contributed by atoms with E-state index in [0.717, 1.165) is 24.2 Å². The first-order valence-electron chi connectivity index (χ1n) is 9.97. The maximum absolute atomic E-state index is 12.9. The molecule has 0 spiro atoms. The van der Waals surface area contributed by atoms with E-state index < -0.39 is 10.0 Å². The Morgan fingerprint density at radius 1 is 1.06 bits per heavy atom. The van der Waals surface area contributed by atoms with E-state index in [9.17, 15) is 13.2 Å². The zero-order chi connectivity index (χ0) is 22.5. The van der Waals surface area contributed by atoms with Crippen molar-refractivity contribution in [3.8, 4) is 11.5 Å². The van der Waals surface area contributed by atoms with E-state index in [1.54, 1.807) is 13.2 Å². The van der Waals surface area contributed by atoms with Gasteiger partial charge in [-0.15, -0.1) is 0 Å². The number of hydrogen-bond donors (Lipinski definition) is 2. The average molecular weight is 449 g/mol. The normalized spacial score (nSPS) is 15.8. The average Bonchev–Trinajstić information content (AvgIpc) is 2.82. The van der Waals surface area contributed by atoms with Gasteiger partial charge in [-0.05, 0) is 55.8 Å². The molecule has 0 aromatic heterocycles. The molecule has 2 N–H and O–H groups in total. The lowest BCUT2D eigenvalue weighted by molar-refractivity contribution is 0.0487. The summed E-state index contributed by atoms with van der Waals surface area (Å²) >= 11 is 0. The molecule has 1 heterocycles. The van der Waals surface area contributed by atoms with Crippen LogP contribution in [0.25, 0.3) is 0 Å².